The van der Waals surface area contributed by atoms with Crippen molar-refractivity contribution in [2.45, 2.75) is 33.2 Å². The van der Waals surface area contributed by atoms with Crippen molar-refractivity contribution in [1.82, 2.24) is 19.9 Å². The Bertz CT molecular complexity index is 1490. The van der Waals surface area contributed by atoms with Gasteiger partial charge in [-0.2, -0.15) is 4.98 Å². The number of rotatable bonds is 7. The molecular weight excluding hydrogens is 533 g/mol. The molecule has 0 bridgehead atoms. The number of halogens is 1. The predicted molar refractivity (Wildman–Crippen MR) is 146 cm³/mol. The van der Waals surface area contributed by atoms with E-state index in [1.54, 1.807) is 55.6 Å². The Labute approximate surface area is 235 Å². The smallest absolute Gasteiger partial charge is 0.317 e. The lowest BCUT2D eigenvalue weighted by atomic mass is 9.92. The van der Waals surface area contributed by atoms with Crippen LogP contribution < -0.4 is 10.5 Å². The number of aliphatic carboxylic acids is 1. The van der Waals surface area contributed by atoms with Crippen LogP contribution in [0.3, 0.4) is 0 Å². The molecule has 41 heavy (non-hydrogen) atoms. The molecule has 2 aromatic heterocycles. The highest BCUT2D eigenvalue weighted by Gasteiger charge is 2.41. The number of primary amides is 1. The highest BCUT2D eigenvalue weighted by Crippen LogP contribution is 2.35. The van der Waals surface area contributed by atoms with Crippen molar-refractivity contribution < 1.29 is 33.3 Å². The summed E-state index contributed by atoms with van der Waals surface area (Å²) < 4.78 is 30.4. The number of carbonyl (C=O) groups excluding carboxylic acids is 1. The SMILES string of the molecule is CC(C)Oc1nccc(-c2[nH]c(C3OCC(C)(C(=O)O)CO3)nc2-c2ccc(F)cc2)n1.NC(=O)c1ccccc1. The molecule has 0 saturated carbocycles. The third-order valence-electron chi connectivity index (χ3n) is 5.97. The first-order valence-corrected chi connectivity index (χ1v) is 12.7. The number of aromatic amines is 1. The van der Waals surface area contributed by atoms with Crippen molar-refractivity contribution in [2.75, 3.05) is 13.2 Å². The highest BCUT2D eigenvalue weighted by atomic mass is 19.1. The minimum atomic E-state index is -1.14. The maximum absolute atomic E-state index is 13.5. The van der Waals surface area contributed by atoms with E-state index in [4.69, 9.17) is 19.9 Å². The minimum absolute atomic E-state index is 0.0329. The summed E-state index contributed by atoms with van der Waals surface area (Å²) in [4.78, 5) is 38.2. The van der Waals surface area contributed by atoms with Gasteiger partial charge >= 0.3 is 12.0 Å². The number of ether oxygens (including phenoxy) is 3. The number of hydrogen-bond donors (Lipinski definition) is 3. The molecule has 1 aliphatic heterocycles. The van der Waals surface area contributed by atoms with Crippen molar-refractivity contribution in [2.24, 2.45) is 11.1 Å². The van der Waals surface area contributed by atoms with Crippen LogP contribution in [0.4, 0.5) is 4.39 Å². The largest absolute Gasteiger partial charge is 0.481 e. The van der Waals surface area contributed by atoms with Crippen LogP contribution in [0.1, 0.15) is 43.2 Å². The van der Waals surface area contributed by atoms with Crippen molar-refractivity contribution in [3.05, 3.63) is 84.1 Å². The number of hydrogen-bond acceptors (Lipinski definition) is 8. The van der Waals surface area contributed by atoms with Gasteiger partial charge in [-0.1, -0.05) is 18.2 Å². The summed E-state index contributed by atoms with van der Waals surface area (Å²) >= 11 is 0. The standard InChI is InChI=1S/C22H23FN4O5.C7H7NO/c1-12(2)32-21-24-9-8-15(25-21)17-16(13-4-6-14(23)7-5-13)26-18(27-17)19-30-10-22(3,11-31-19)20(28)29;8-7(9)6-4-2-1-3-5-6/h4-9,12,19H,10-11H2,1-3H3,(H,26,27)(H,28,29);1-5H,(H2,8,9). The van der Waals surface area contributed by atoms with Crippen molar-refractivity contribution in [3.8, 4) is 28.7 Å². The topological polar surface area (TPSA) is 163 Å². The quantitative estimate of drug-likeness (QED) is 0.296. The number of H-pyrrole nitrogens is 1. The molecule has 214 valence electrons. The second-order valence-electron chi connectivity index (χ2n) is 9.79. The van der Waals surface area contributed by atoms with Crippen LogP contribution in [-0.2, 0) is 14.3 Å². The van der Waals surface area contributed by atoms with Crippen LogP contribution in [0.5, 0.6) is 6.01 Å². The monoisotopic (exact) mass is 563 g/mol. The Morgan fingerprint density at radius 2 is 1.73 bits per heavy atom. The molecule has 2 aromatic carbocycles. The van der Waals surface area contributed by atoms with Gasteiger partial charge in [0.15, 0.2) is 5.82 Å². The zero-order valence-electron chi connectivity index (χ0n) is 22.7. The Morgan fingerprint density at radius 3 is 2.29 bits per heavy atom. The van der Waals surface area contributed by atoms with E-state index < -0.39 is 17.7 Å². The van der Waals surface area contributed by atoms with Crippen LogP contribution >= 0.6 is 0 Å². The van der Waals surface area contributed by atoms with E-state index in [-0.39, 0.29) is 37.1 Å². The van der Waals surface area contributed by atoms with E-state index in [9.17, 15) is 19.1 Å². The fourth-order valence-electron chi connectivity index (χ4n) is 3.75. The molecule has 11 nitrogen and oxygen atoms in total. The van der Waals surface area contributed by atoms with Crippen LogP contribution in [-0.4, -0.2) is 56.2 Å². The third kappa shape index (κ3) is 7.29. The summed E-state index contributed by atoms with van der Waals surface area (Å²) in [7, 11) is 0. The van der Waals surface area contributed by atoms with E-state index in [2.05, 4.69) is 19.9 Å². The molecule has 0 spiro atoms. The molecule has 5 rings (SSSR count). The summed E-state index contributed by atoms with van der Waals surface area (Å²) in [6.45, 7) is 5.23. The third-order valence-corrected chi connectivity index (χ3v) is 5.97. The Morgan fingerprint density at radius 1 is 1.07 bits per heavy atom. The number of benzene rings is 2. The number of nitrogens with two attached hydrogens (primary N) is 1. The molecule has 0 aliphatic carbocycles. The van der Waals surface area contributed by atoms with E-state index in [0.29, 0.717) is 34.0 Å². The van der Waals surface area contributed by atoms with E-state index >= 15 is 0 Å². The molecule has 1 aliphatic rings. The summed E-state index contributed by atoms with van der Waals surface area (Å²) in [5.74, 6) is -1.40. The van der Waals surface area contributed by atoms with Crippen molar-refractivity contribution in [1.29, 1.82) is 0 Å². The average Bonchev–Trinajstić information content (AvgIpc) is 3.40. The number of carboxylic acids is 1. The summed E-state index contributed by atoms with van der Waals surface area (Å²) in [5.41, 5.74) is 6.61. The molecule has 3 heterocycles. The second-order valence-corrected chi connectivity index (χ2v) is 9.79. The fourth-order valence-corrected chi connectivity index (χ4v) is 3.75. The molecule has 0 radical (unpaired) electrons. The Hall–Kier alpha value is -4.68. The first-order valence-electron chi connectivity index (χ1n) is 12.7. The van der Waals surface area contributed by atoms with Crippen LogP contribution in [0.25, 0.3) is 22.6 Å². The lowest BCUT2D eigenvalue weighted by Gasteiger charge is -2.33. The van der Waals surface area contributed by atoms with Gasteiger partial charge in [-0.15, -0.1) is 0 Å². The molecule has 0 atom stereocenters. The van der Waals surface area contributed by atoms with Crippen LogP contribution in [0, 0.1) is 11.2 Å². The number of nitrogens with zero attached hydrogens (tertiary/aromatic N) is 3. The van der Waals surface area contributed by atoms with Gasteiger partial charge in [0.1, 0.15) is 11.2 Å². The van der Waals surface area contributed by atoms with Gasteiger partial charge in [0.25, 0.3) is 0 Å². The molecule has 4 aromatic rings. The van der Waals surface area contributed by atoms with E-state index in [0.717, 1.165) is 0 Å². The molecular formula is C29H30FN5O6. The van der Waals surface area contributed by atoms with Gasteiger partial charge in [0, 0.05) is 17.3 Å². The minimum Gasteiger partial charge on any atom is -0.481 e. The van der Waals surface area contributed by atoms with Crippen molar-refractivity contribution >= 4 is 11.9 Å². The number of imidazole rings is 1. The summed E-state index contributed by atoms with van der Waals surface area (Å²) in [6.07, 6.45) is 0.580. The molecule has 1 saturated heterocycles. The maximum atomic E-state index is 13.5. The van der Waals surface area contributed by atoms with Gasteiger partial charge < -0.3 is 30.0 Å². The van der Waals surface area contributed by atoms with Crippen LogP contribution in [0.2, 0.25) is 0 Å². The Kier molecular flexibility index (Phi) is 9.05. The maximum Gasteiger partial charge on any atom is 0.317 e. The van der Waals surface area contributed by atoms with Gasteiger partial charge in [-0.25, -0.2) is 14.4 Å². The fraction of sp³-hybridized carbons (Fsp3) is 0.276. The molecule has 1 amide bonds. The number of carboxylic acid groups (broad SMARTS) is 1. The van der Waals surface area contributed by atoms with Gasteiger partial charge in [-0.3, -0.25) is 9.59 Å². The Balaban J connectivity index is 0.000000367. The first kappa shape index (κ1) is 29.3. The normalized spacial score (nSPS) is 18.3. The lowest BCUT2D eigenvalue weighted by molar-refractivity contribution is -0.236. The lowest BCUT2D eigenvalue weighted by Crippen LogP contribution is -2.42. The second kappa shape index (κ2) is 12.7. The first-order chi connectivity index (χ1) is 19.6. The molecule has 12 heteroatoms. The number of carbonyl (C=O) groups is 2. The zero-order chi connectivity index (χ0) is 29.6. The van der Waals surface area contributed by atoms with Gasteiger partial charge in [0.05, 0.1) is 36.4 Å². The molecule has 1 fully saturated rings. The van der Waals surface area contributed by atoms with Crippen LogP contribution in [0.15, 0.2) is 66.9 Å². The number of amides is 1. The average molecular weight is 564 g/mol. The number of nitrogens with one attached hydrogen (secondary N) is 1. The van der Waals surface area contributed by atoms with Crippen molar-refractivity contribution in [3.63, 3.8) is 0 Å². The van der Waals surface area contributed by atoms with Gasteiger partial charge in [0.2, 0.25) is 12.2 Å². The van der Waals surface area contributed by atoms with E-state index in [1.807, 2.05) is 19.9 Å². The number of aromatic nitrogens is 4. The van der Waals surface area contributed by atoms with E-state index in [1.165, 1.54) is 12.1 Å². The highest BCUT2D eigenvalue weighted by molar-refractivity contribution is 5.92. The zero-order valence-corrected chi connectivity index (χ0v) is 22.7. The molecule has 4 N–H and O–H groups in total. The summed E-state index contributed by atoms with van der Waals surface area (Å²) in [6, 6.07) is 16.6. The predicted octanol–water partition coefficient (Wildman–Crippen LogP) is 4.38. The molecule has 0 unspecified atom stereocenters. The summed E-state index contributed by atoms with van der Waals surface area (Å²) in [5, 5.41) is 9.37. The van der Waals surface area contributed by atoms with Gasteiger partial charge in [-0.05, 0) is 63.2 Å².